The number of carbonyl (C=O) groups excluding carboxylic acids is 3. The lowest BCUT2D eigenvalue weighted by Crippen LogP contribution is -2.50. The summed E-state index contributed by atoms with van der Waals surface area (Å²) < 4.78 is 19.1. The van der Waals surface area contributed by atoms with E-state index in [-0.39, 0.29) is 5.56 Å². The van der Waals surface area contributed by atoms with Gasteiger partial charge in [-0.05, 0) is 52.0 Å². The number of rotatable bonds is 4. The number of carbonyl (C=O) groups is 3. The van der Waals surface area contributed by atoms with Crippen molar-refractivity contribution < 1.29 is 23.5 Å². The Labute approximate surface area is 153 Å². The Balaban J connectivity index is 2.58. The fraction of sp³-hybridized carbons (Fsp3) is 0.353. The highest BCUT2D eigenvalue weighted by Gasteiger charge is 2.21. The van der Waals surface area contributed by atoms with Crippen LogP contribution >= 0.6 is 15.9 Å². The van der Waals surface area contributed by atoms with E-state index >= 15 is 0 Å². The highest BCUT2D eigenvalue weighted by molar-refractivity contribution is 9.10. The molecule has 0 aliphatic heterocycles. The molecule has 0 saturated heterocycles. The zero-order valence-electron chi connectivity index (χ0n) is 14.4. The van der Waals surface area contributed by atoms with Gasteiger partial charge in [0.1, 0.15) is 5.82 Å². The van der Waals surface area contributed by atoms with Crippen molar-refractivity contribution in [2.45, 2.75) is 39.3 Å². The van der Waals surface area contributed by atoms with E-state index in [4.69, 9.17) is 4.74 Å². The Morgan fingerprint density at radius 2 is 1.92 bits per heavy atom. The maximum atomic E-state index is 13.6. The molecule has 1 aromatic carbocycles. The van der Waals surface area contributed by atoms with E-state index in [2.05, 4.69) is 26.6 Å². The monoisotopic (exact) mass is 414 g/mol. The van der Waals surface area contributed by atoms with Crippen LogP contribution in [-0.4, -0.2) is 29.6 Å². The molecule has 1 rings (SSSR count). The van der Waals surface area contributed by atoms with Crippen molar-refractivity contribution in [2.24, 2.45) is 0 Å². The van der Waals surface area contributed by atoms with Gasteiger partial charge in [0.15, 0.2) is 6.10 Å². The van der Waals surface area contributed by atoms with Crippen LogP contribution in [0.3, 0.4) is 0 Å². The number of ether oxygens (including phenoxy) is 1. The van der Waals surface area contributed by atoms with Gasteiger partial charge in [-0.3, -0.25) is 10.1 Å². The lowest BCUT2D eigenvalue weighted by atomic mass is 10.1. The molecule has 136 valence electrons. The summed E-state index contributed by atoms with van der Waals surface area (Å²) in [6.07, 6.45) is 1.05. The van der Waals surface area contributed by atoms with E-state index in [1.807, 2.05) is 0 Å². The van der Waals surface area contributed by atoms with Crippen molar-refractivity contribution in [3.8, 4) is 0 Å². The Morgan fingerprint density at radius 3 is 2.52 bits per heavy atom. The van der Waals surface area contributed by atoms with Gasteiger partial charge in [-0.2, -0.15) is 0 Å². The normalized spacial score (nSPS) is 12.6. The highest BCUT2D eigenvalue weighted by atomic mass is 79.9. The maximum absolute atomic E-state index is 13.6. The van der Waals surface area contributed by atoms with Crippen LogP contribution in [0, 0.1) is 5.82 Å². The average Bonchev–Trinajstić information content (AvgIpc) is 2.46. The van der Waals surface area contributed by atoms with Crippen molar-refractivity contribution >= 4 is 39.9 Å². The summed E-state index contributed by atoms with van der Waals surface area (Å²) in [5.74, 6) is -2.10. The molecule has 0 spiro atoms. The fourth-order valence-electron chi connectivity index (χ4n) is 1.65. The van der Waals surface area contributed by atoms with Crippen LogP contribution < -0.4 is 10.6 Å². The quantitative estimate of drug-likeness (QED) is 0.585. The topological polar surface area (TPSA) is 84.5 Å². The number of imide groups is 1. The Bertz CT molecular complexity index is 698. The third kappa shape index (κ3) is 7.93. The first-order chi connectivity index (χ1) is 11.5. The number of esters is 1. The Morgan fingerprint density at radius 1 is 1.28 bits per heavy atom. The molecule has 6 nitrogen and oxygen atoms in total. The van der Waals surface area contributed by atoms with Gasteiger partial charge in [0.25, 0.3) is 5.91 Å². The van der Waals surface area contributed by atoms with E-state index in [0.717, 1.165) is 6.08 Å². The van der Waals surface area contributed by atoms with Crippen LogP contribution in [0.1, 0.15) is 33.3 Å². The largest absolute Gasteiger partial charge is 0.449 e. The SMILES string of the molecule is CC(OC(=O)/C=C/c1cc(Br)ccc1F)C(=O)NC(=O)NC(C)(C)C. The number of benzene rings is 1. The number of halogens is 2. The van der Waals surface area contributed by atoms with E-state index in [1.54, 1.807) is 20.8 Å². The van der Waals surface area contributed by atoms with Crippen LogP contribution in [0.15, 0.2) is 28.7 Å². The zero-order chi connectivity index (χ0) is 19.2. The first kappa shape index (κ1) is 20.8. The highest BCUT2D eigenvalue weighted by Crippen LogP contribution is 2.16. The zero-order valence-corrected chi connectivity index (χ0v) is 15.9. The first-order valence-corrected chi connectivity index (χ1v) is 8.24. The number of hydrogen-bond acceptors (Lipinski definition) is 4. The van der Waals surface area contributed by atoms with Crippen LogP contribution in [-0.2, 0) is 14.3 Å². The number of urea groups is 1. The van der Waals surface area contributed by atoms with E-state index < -0.39 is 35.4 Å². The molecule has 25 heavy (non-hydrogen) atoms. The molecule has 0 aromatic heterocycles. The molecule has 1 unspecified atom stereocenters. The summed E-state index contributed by atoms with van der Waals surface area (Å²) in [6, 6.07) is 3.58. The van der Waals surface area contributed by atoms with Gasteiger partial charge in [0.05, 0.1) is 0 Å². The Kier molecular flexibility index (Phi) is 7.29. The van der Waals surface area contributed by atoms with Crippen molar-refractivity contribution in [2.75, 3.05) is 0 Å². The Hall–Kier alpha value is -2.22. The second-order valence-electron chi connectivity index (χ2n) is 6.27. The summed E-state index contributed by atoms with van der Waals surface area (Å²) in [7, 11) is 0. The molecule has 0 fully saturated rings. The molecule has 0 radical (unpaired) electrons. The lowest BCUT2D eigenvalue weighted by Gasteiger charge is -2.21. The number of nitrogens with one attached hydrogen (secondary N) is 2. The maximum Gasteiger partial charge on any atom is 0.331 e. The lowest BCUT2D eigenvalue weighted by molar-refractivity contribution is -0.149. The third-order valence-electron chi connectivity index (χ3n) is 2.74. The number of hydrogen-bond donors (Lipinski definition) is 2. The predicted octanol–water partition coefficient (Wildman–Crippen LogP) is 3.16. The smallest absolute Gasteiger partial charge is 0.331 e. The molecular weight excluding hydrogens is 395 g/mol. The van der Waals surface area contributed by atoms with Crippen molar-refractivity contribution in [1.29, 1.82) is 0 Å². The molecule has 8 heteroatoms. The average molecular weight is 415 g/mol. The molecule has 3 amide bonds. The molecule has 0 bridgehead atoms. The predicted molar refractivity (Wildman–Crippen MR) is 95.1 cm³/mol. The molecule has 0 heterocycles. The van der Waals surface area contributed by atoms with Crippen LogP contribution in [0.4, 0.5) is 9.18 Å². The third-order valence-corrected chi connectivity index (χ3v) is 3.24. The van der Waals surface area contributed by atoms with Crippen LogP contribution in [0.5, 0.6) is 0 Å². The molecule has 0 saturated carbocycles. The molecular formula is C17H20BrFN2O4. The van der Waals surface area contributed by atoms with Gasteiger partial charge >= 0.3 is 12.0 Å². The van der Waals surface area contributed by atoms with E-state index in [9.17, 15) is 18.8 Å². The second-order valence-corrected chi connectivity index (χ2v) is 7.19. The molecule has 1 aromatic rings. The van der Waals surface area contributed by atoms with Crippen molar-refractivity contribution in [3.05, 3.63) is 40.1 Å². The van der Waals surface area contributed by atoms with Crippen molar-refractivity contribution in [1.82, 2.24) is 10.6 Å². The van der Waals surface area contributed by atoms with Gasteiger partial charge in [0, 0.05) is 21.7 Å². The standard InChI is InChI=1S/C17H20BrFN2O4/c1-10(15(23)20-16(24)21-17(2,3)4)25-14(22)8-5-11-9-12(18)6-7-13(11)19/h5-10H,1-4H3,(H2,20,21,23,24)/b8-5+. The van der Waals surface area contributed by atoms with Gasteiger partial charge in [-0.1, -0.05) is 15.9 Å². The first-order valence-electron chi connectivity index (χ1n) is 7.44. The molecule has 1 atom stereocenters. The van der Waals surface area contributed by atoms with Crippen LogP contribution in [0.25, 0.3) is 6.08 Å². The minimum Gasteiger partial charge on any atom is -0.449 e. The van der Waals surface area contributed by atoms with Crippen molar-refractivity contribution in [3.63, 3.8) is 0 Å². The van der Waals surface area contributed by atoms with Gasteiger partial charge in [0.2, 0.25) is 0 Å². The van der Waals surface area contributed by atoms with Gasteiger partial charge in [-0.15, -0.1) is 0 Å². The van der Waals surface area contributed by atoms with Gasteiger partial charge in [-0.25, -0.2) is 14.0 Å². The summed E-state index contributed by atoms with van der Waals surface area (Å²) in [5, 5.41) is 4.62. The van der Waals surface area contributed by atoms with E-state index in [1.165, 1.54) is 31.2 Å². The molecule has 0 aliphatic carbocycles. The number of amides is 3. The fourth-order valence-corrected chi connectivity index (χ4v) is 2.03. The minimum atomic E-state index is -1.18. The minimum absolute atomic E-state index is 0.188. The van der Waals surface area contributed by atoms with E-state index in [0.29, 0.717) is 4.47 Å². The van der Waals surface area contributed by atoms with Gasteiger partial charge < -0.3 is 10.1 Å². The second kappa shape index (κ2) is 8.75. The summed E-state index contributed by atoms with van der Waals surface area (Å²) in [4.78, 5) is 35.1. The summed E-state index contributed by atoms with van der Waals surface area (Å²) in [5.41, 5.74) is -0.325. The summed E-state index contributed by atoms with van der Waals surface area (Å²) >= 11 is 3.20. The summed E-state index contributed by atoms with van der Waals surface area (Å²) in [6.45, 7) is 6.59. The molecule has 2 N–H and O–H groups in total. The van der Waals surface area contributed by atoms with Crippen LogP contribution in [0.2, 0.25) is 0 Å². The molecule has 0 aliphatic rings.